The first-order valence-electron chi connectivity index (χ1n) is 9.35. The van der Waals surface area contributed by atoms with Crippen molar-refractivity contribution >= 4 is 5.97 Å². The highest BCUT2D eigenvalue weighted by Crippen LogP contribution is 2.43. The predicted octanol–water partition coefficient (Wildman–Crippen LogP) is 3.31. The molecule has 0 bridgehead atoms. The highest BCUT2D eigenvalue weighted by molar-refractivity contribution is 5.83. The Labute approximate surface area is 145 Å². The van der Waals surface area contributed by atoms with E-state index < -0.39 is 5.41 Å². The van der Waals surface area contributed by atoms with Gasteiger partial charge in [0.15, 0.2) is 0 Å². The number of carbonyl (C=O) groups is 1. The molecule has 3 rings (SSSR count). The Hall–Kier alpha value is -1.42. The molecule has 1 aliphatic carbocycles. The highest BCUT2D eigenvalue weighted by atomic mass is 16.5. The smallest absolute Gasteiger partial charge is 0.316 e. The highest BCUT2D eigenvalue weighted by Gasteiger charge is 2.46. The maximum Gasteiger partial charge on any atom is 0.316 e. The summed E-state index contributed by atoms with van der Waals surface area (Å²) in [6.45, 7) is 4.22. The van der Waals surface area contributed by atoms with Crippen LogP contribution in [0, 0.1) is 5.92 Å². The van der Waals surface area contributed by atoms with Gasteiger partial charge >= 0.3 is 5.97 Å². The summed E-state index contributed by atoms with van der Waals surface area (Å²) in [5, 5.41) is 0. The zero-order valence-corrected chi connectivity index (χ0v) is 15.3. The lowest BCUT2D eigenvalue weighted by molar-refractivity contribution is -0.896. The monoisotopic (exact) mass is 331 g/mol. The molecule has 0 aromatic carbocycles. The van der Waals surface area contributed by atoms with Crippen LogP contribution in [0.15, 0.2) is 24.5 Å². The number of ether oxygens (including phenoxy) is 1. The van der Waals surface area contributed by atoms with Crippen molar-refractivity contribution in [3.05, 3.63) is 30.1 Å². The maximum atomic E-state index is 13.2. The molecule has 1 saturated carbocycles. The summed E-state index contributed by atoms with van der Waals surface area (Å²) in [4.78, 5) is 17.5. The minimum absolute atomic E-state index is 0.0420. The van der Waals surface area contributed by atoms with Gasteiger partial charge in [-0.2, -0.15) is 0 Å². The fourth-order valence-corrected chi connectivity index (χ4v) is 4.33. The van der Waals surface area contributed by atoms with E-state index in [1.165, 1.54) is 12.8 Å². The second kappa shape index (κ2) is 6.83. The van der Waals surface area contributed by atoms with Crippen molar-refractivity contribution in [3.63, 3.8) is 0 Å². The van der Waals surface area contributed by atoms with Gasteiger partial charge in [0.2, 0.25) is 0 Å². The molecule has 1 atom stereocenters. The minimum atomic E-state index is -0.563. The van der Waals surface area contributed by atoms with Crippen molar-refractivity contribution in [3.8, 4) is 0 Å². The molecule has 4 heteroatoms. The molecule has 0 amide bonds. The number of nitrogens with zero attached hydrogens (tertiary/aromatic N) is 2. The molecule has 0 spiro atoms. The lowest BCUT2D eigenvalue weighted by Crippen LogP contribution is -2.50. The Balaban J connectivity index is 1.77. The van der Waals surface area contributed by atoms with Gasteiger partial charge in [-0.15, -0.1) is 0 Å². The van der Waals surface area contributed by atoms with Crippen molar-refractivity contribution in [2.24, 2.45) is 5.92 Å². The van der Waals surface area contributed by atoms with Crippen LogP contribution in [0.3, 0.4) is 0 Å². The predicted molar refractivity (Wildman–Crippen MR) is 94.5 cm³/mol. The van der Waals surface area contributed by atoms with E-state index >= 15 is 0 Å². The minimum Gasteiger partial charge on any atom is -0.461 e. The van der Waals surface area contributed by atoms with Crippen LogP contribution in [0.1, 0.15) is 51.0 Å². The first-order chi connectivity index (χ1) is 11.4. The standard InChI is InChI=1S/C20H31N2O2/c1-20(16-7-4-5-8-16,17-9-6-12-21-15-17)19(23)24-18-10-13-22(2,3)14-11-18/h6,9,12,15-16,18H,4-5,7-8,10-11,13-14H2,1-3H3/q+1. The van der Waals surface area contributed by atoms with Gasteiger partial charge in [0.25, 0.3) is 0 Å². The lowest BCUT2D eigenvalue weighted by atomic mass is 9.71. The van der Waals surface area contributed by atoms with E-state index in [2.05, 4.69) is 26.0 Å². The quantitative estimate of drug-likeness (QED) is 0.628. The topological polar surface area (TPSA) is 39.2 Å². The number of aromatic nitrogens is 1. The van der Waals surface area contributed by atoms with Gasteiger partial charge in [0, 0.05) is 25.2 Å². The second-order valence-electron chi connectivity index (χ2n) is 8.41. The largest absolute Gasteiger partial charge is 0.461 e. The van der Waals surface area contributed by atoms with E-state index in [-0.39, 0.29) is 12.1 Å². The van der Waals surface area contributed by atoms with Gasteiger partial charge in [-0.1, -0.05) is 18.9 Å². The number of esters is 1. The van der Waals surface area contributed by atoms with E-state index in [1.807, 2.05) is 18.3 Å². The lowest BCUT2D eigenvalue weighted by Gasteiger charge is -2.39. The zero-order valence-electron chi connectivity index (χ0n) is 15.3. The van der Waals surface area contributed by atoms with Crippen molar-refractivity contribution in [1.29, 1.82) is 0 Å². The Morgan fingerprint density at radius 2 is 1.88 bits per heavy atom. The number of hydrogen-bond donors (Lipinski definition) is 0. The van der Waals surface area contributed by atoms with Gasteiger partial charge in [-0.3, -0.25) is 9.78 Å². The molecule has 1 aromatic heterocycles. The van der Waals surface area contributed by atoms with Gasteiger partial charge in [0.1, 0.15) is 6.10 Å². The van der Waals surface area contributed by atoms with E-state index in [0.29, 0.717) is 5.92 Å². The molecule has 2 aliphatic rings. The Kier molecular flexibility index (Phi) is 4.95. The molecule has 0 N–H and O–H groups in total. The number of pyridine rings is 1. The Morgan fingerprint density at radius 1 is 1.21 bits per heavy atom. The molecule has 0 radical (unpaired) electrons. The first kappa shape index (κ1) is 17.4. The fourth-order valence-electron chi connectivity index (χ4n) is 4.33. The van der Waals surface area contributed by atoms with E-state index in [4.69, 9.17) is 4.74 Å². The third kappa shape index (κ3) is 3.49. The molecule has 1 aromatic rings. The van der Waals surface area contributed by atoms with Crippen LogP contribution in [-0.4, -0.2) is 48.7 Å². The SMILES string of the molecule is CC(C(=O)OC1CC[N+](C)(C)CC1)(c1cccnc1)C1CCCC1. The van der Waals surface area contributed by atoms with Crippen molar-refractivity contribution in [1.82, 2.24) is 4.98 Å². The molecule has 1 aliphatic heterocycles. The third-order valence-electron chi connectivity index (χ3n) is 6.24. The second-order valence-corrected chi connectivity index (χ2v) is 8.41. The molecule has 2 heterocycles. The van der Waals surface area contributed by atoms with Crippen molar-refractivity contribution < 1.29 is 14.0 Å². The van der Waals surface area contributed by atoms with E-state index in [0.717, 1.165) is 48.8 Å². The van der Waals surface area contributed by atoms with Gasteiger partial charge < -0.3 is 9.22 Å². The number of likely N-dealkylation sites (tertiary alicyclic amines) is 1. The average molecular weight is 331 g/mol. The normalized spacial score (nSPS) is 24.5. The molecular formula is C20H31N2O2+. The van der Waals surface area contributed by atoms with Gasteiger partial charge in [-0.05, 0) is 37.3 Å². The average Bonchev–Trinajstić information content (AvgIpc) is 3.12. The molecule has 4 nitrogen and oxygen atoms in total. The summed E-state index contributed by atoms with van der Waals surface area (Å²) in [5.41, 5.74) is 0.445. The molecule has 24 heavy (non-hydrogen) atoms. The number of piperidine rings is 1. The van der Waals surface area contributed by atoms with Crippen LogP contribution in [0.25, 0.3) is 0 Å². The molecule has 1 unspecified atom stereocenters. The Bertz CT molecular complexity index is 556. The summed E-state index contributed by atoms with van der Waals surface area (Å²) >= 11 is 0. The van der Waals surface area contributed by atoms with Crippen LogP contribution in [-0.2, 0) is 14.9 Å². The van der Waals surface area contributed by atoms with Crippen LogP contribution in [0.5, 0.6) is 0 Å². The summed E-state index contributed by atoms with van der Waals surface area (Å²) in [7, 11) is 4.49. The molecular weight excluding hydrogens is 300 g/mol. The first-order valence-corrected chi connectivity index (χ1v) is 9.35. The van der Waals surface area contributed by atoms with E-state index in [9.17, 15) is 4.79 Å². The fraction of sp³-hybridized carbons (Fsp3) is 0.700. The molecule has 2 fully saturated rings. The number of quaternary nitrogens is 1. The van der Waals surface area contributed by atoms with Gasteiger partial charge in [0.05, 0.1) is 32.6 Å². The van der Waals surface area contributed by atoms with Crippen LogP contribution >= 0.6 is 0 Å². The summed E-state index contributed by atoms with van der Waals surface area (Å²) in [6, 6.07) is 3.96. The number of rotatable bonds is 4. The summed E-state index contributed by atoms with van der Waals surface area (Å²) < 4.78 is 7.06. The Morgan fingerprint density at radius 3 is 2.46 bits per heavy atom. The van der Waals surface area contributed by atoms with Crippen LogP contribution < -0.4 is 0 Å². The maximum absolute atomic E-state index is 13.2. The van der Waals surface area contributed by atoms with Gasteiger partial charge in [-0.25, -0.2) is 0 Å². The summed E-state index contributed by atoms with van der Waals surface area (Å²) in [5.74, 6) is 0.324. The van der Waals surface area contributed by atoms with Crippen LogP contribution in [0.2, 0.25) is 0 Å². The van der Waals surface area contributed by atoms with E-state index in [1.54, 1.807) is 6.20 Å². The van der Waals surface area contributed by atoms with Crippen LogP contribution in [0.4, 0.5) is 0 Å². The number of carbonyl (C=O) groups excluding carboxylic acids is 1. The number of hydrogen-bond acceptors (Lipinski definition) is 3. The van der Waals surface area contributed by atoms with Crippen molar-refractivity contribution in [2.45, 2.75) is 57.0 Å². The zero-order chi connectivity index (χ0) is 17.2. The third-order valence-corrected chi connectivity index (χ3v) is 6.24. The summed E-state index contributed by atoms with van der Waals surface area (Å²) in [6.07, 6.45) is 10.3. The van der Waals surface area contributed by atoms with Crippen molar-refractivity contribution in [2.75, 3.05) is 27.2 Å². The molecule has 132 valence electrons. The molecule has 1 saturated heterocycles.